The molecule has 16 heavy (non-hydrogen) atoms. The first-order valence-corrected chi connectivity index (χ1v) is 6.81. The van der Waals surface area contributed by atoms with Crippen LogP contribution >= 0.6 is 0 Å². The summed E-state index contributed by atoms with van der Waals surface area (Å²) in [6, 6.07) is 0. The Hall–Kier alpha value is -0.560. The van der Waals surface area contributed by atoms with Crippen molar-refractivity contribution in [3.05, 3.63) is 23.8 Å². The van der Waals surface area contributed by atoms with Crippen LogP contribution in [0.5, 0.6) is 0 Å². The fourth-order valence-corrected chi connectivity index (χ4v) is 2.60. The lowest BCUT2D eigenvalue weighted by Gasteiger charge is -2.30. The fourth-order valence-electron chi connectivity index (χ4n) is 2.60. The minimum atomic E-state index is 0.735. The van der Waals surface area contributed by atoms with E-state index in [2.05, 4.69) is 37.0 Å². The zero-order chi connectivity index (χ0) is 11.4. The second-order valence-electron chi connectivity index (χ2n) is 5.67. The first-order chi connectivity index (χ1) is 7.74. The summed E-state index contributed by atoms with van der Waals surface area (Å²) in [6.07, 6.45) is 12.4. The molecule has 0 aromatic rings. The number of allylic oxidation sites excluding steroid dienone is 3. The summed E-state index contributed by atoms with van der Waals surface area (Å²) in [6.45, 7) is 8.50. The van der Waals surface area contributed by atoms with Gasteiger partial charge in [0.1, 0.15) is 0 Å². The second kappa shape index (κ2) is 5.67. The molecule has 0 N–H and O–H groups in total. The van der Waals surface area contributed by atoms with Crippen LogP contribution in [0.15, 0.2) is 23.8 Å². The number of rotatable bonds is 2. The summed E-state index contributed by atoms with van der Waals surface area (Å²) in [4.78, 5) is 2.63. The van der Waals surface area contributed by atoms with Crippen molar-refractivity contribution in [2.24, 2.45) is 11.8 Å². The lowest BCUT2D eigenvalue weighted by Crippen LogP contribution is -2.34. The van der Waals surface area contributed by atoms with Gasteiger partial charge in [0.15, 0.2) is 0 Å². The highest BCUT2D eigenvalue weighted by Gasteiger charge is 2.16. The van der Waals surface area contributed by atoms with Gasteiger partial charge in [0.25, 0.3) is 0 Å². The third-order valence-electron chi connectivity index (χ3n) is 3.93. The van der Waals surface area contributed by atoms with E-state index in [9.17, 15) is 0 Å². The lowest BCUT2D eigenvalue weighted by atomic mass is 9.98. The number of hydrogen-bond acceptors (Lipinski definition) is 1. The fraction of sp³-hybridized carbons (Fsp3) is 0.733. The third kappa shape index (κ3) is 3.48. The average Bonchev–Trinajstić information content (AvgIpc) is 2.47. The molecule has 2 aliphatic rings. The van der Waals surface area contributed by atoms with Gasteiger partial charge in [-0.15, -0.1) is 0 Å². The Morgan fingerprint density at radius 3 is 2.75 bits per heavy atom. The quantitative estimate of drug-likeness (QED) is 0.641. The average molecular weight is 219 g/mol. The molecular formula is C15H25N. The highest BCUT2D eigenvalue weighted by molar-refractivity contribution is 5.14. The smallest absolute Gasteiger partial charge is 0.0195 e. The zero-order valence-corrected chi connectivity index (χ0v) is 10.8. The largest absolute Gasteiger partial charge is 0.299 e. The molecule has 0 spiro atoms. The van der Waals surface area contributed by atoms with E-state index < -0.39 is 0 Å². The van der Waals surface area contributed by atoms with Crippen LogP contribution in [-0.4, -0.2) is 24.5 Å². The predicted molar refractivity (Wildman–Crippen MR) is 70.5 cm³/mol. The number of likely N-dealkylation sites (tertiary alicyclic amines) is 1. The topological polar surface area (TPSA) is 3.24 Å². The Morgan fingerprint density at radius 1 is 1.25 bits per heavy atom. The second-order valence-corrected chi connectivity index (χ2v) is 5.67. The zero-order valence-electron chi connectivity index (χ0n) is 10.8. The van der Waals surface area contributed by atoms with E-state index in [1.165, 1.54) is 45.3 Å². The maximum absolute atomic E-state index is 2.63. The van der Waals surface area contributed by atoms with Crippen molar-refractivity contribution in [3.8, 4) is 0 Å². The van der Waals surface area contributed by atoms with Crippen LogP contribution in [-0.2, 0) is 0 Å². The molecule has 1 nitrogen and oxygen atoms in total. The standard InChI is InChI=1S/C15H25N/c1-13-4-3-5-15(7-6-13)12-16-10-8-14(2)9-11-16/h3-4,7,13-14H,5-6,8-12H2,1-2H3. The summed E-state index contributed by atoms with van der Waals surface area (Å²) in [5.41, 5.74) is 1.63. The van der Waals surface area contributed by atoms with Crippen LogP contribution < -0.4 is 0 Å². The summed E-state index contributed by atoms with van der Waals surface area (Å²) < 4.78 is 0. The maximum Gasteiger partial charge on any atom is 0.0195 e. The van der Waals surface area contributed by atoms with E-state index >= 15 is 0 Å². The molecule has 0 radical (unpaired) electrons. The summed E-state index contributed by atoms with van der Waals surface area (Å²) >= 11 is 0. The van der Waals surface area contributed by atoms with Crippen molar-refractivity contribution in [2.45, 2.75) is 39.5 Å². The van der Waals surface area contributed by atoms with Crippen molar-refractivity contribution < 1.29 is 0 Å². The normalized spacial score (nSPS) is 28.9. The number of hydrogen-bond donors (Lipinski definition) is 0. The van der Waals surface area contributed by atoms with Crippen molar-refractivity contribution in [3.63, 3.8) is 0 Å². The summed E-state index contributed by atoms with van der Waals surface area (Å²) in [5.74, 6) is 1.68. The summed E-state index contributed by atoms with van der Waals surface area (Å²) in [7, 11) is 0. The molecule has 90 valence electrons. The van der Waals surface area contributed by atoms with Gasteiger partial charge >= 0.3 is 0 Å². The Labute approximate surface area is 100 Å². The Morgan fingerprint density at radius 2 is 2.00 bits per heavy atom. The molecule has 1 heterocycles. The first kappa shape index (κ1) is 11.9. The molecule has 1 aliphatic carbocycles. The minimum absolute atomic E-state index is 0.735. The van der Waals surface area contributed by atoms with Gasteiger partial charge in [0.2, 0.25) is 0 Å². The van der Waals surface area contributed by atoms with E-state index in [-0.39, 0.29) is 0 Å². The first-order valence-electron chi connectivity index (χ1n) is 6.81. The molecule has 0 aromatic carbocycles. The van der Waals surface area contributed by atoms with Crippen LogP contribution in [0.4, 0.5) is 0 Å². The molecular weight excluding hydrogens is 194 g/mol. The molecule has 1 atom stereocenters. The van der Waals surface area contributed by atoms with E-state index in [1.807, 2.05) is 0 Å². The predicted octanol–water partition coefficient (Wildman–Crippen LogP) is 3.63. The number of piperidine rings is 1. The third-order valence-corrected chi connectivity index (χ3v) is 3.93. The van der Waals surface area contributed by atoms with Crippen LogP contribution in [0.2, 0.25) is 0 Å². The van der Waals surface area contributed by atoms with Crippen LogP contribution in [0, 0.1) is 11.8 Å². The van der Waals surface area contributed by atoms with Gasteiger partial charge in [-0.05, 0) is 50.6 Å². The Balaban J connectivity index is 1.83. The molecule has 1 saturated heterocycles. The van der Waals surface area contributed by atoms with Crippen LogP contribution in [0.3, 0.4) is 0 Å². The van der Waals surface area contributed by atoms with E-state index in [0.717, 1.165) is 11.8 Å². The van der Waals surface area contributed by atoms with Gasteiger partial charge in [-0.1, -0.05) is 37.6 Å². The van der Waals surface area contributed by atoms with Crippen molar-refractivity contribution in [1.82, 2.24) is 4.90 Å². The Bertz CT molecular complexity index is 269. The highest BCUT2D eigenvalue weighted by Crippen LogP contribution is 2.20. The highest BCUT2D eigenvalue weighted by atomic mass is 15.1. The molecule has 0 bridgehead atoms. The van der Waals surface area contributed by atoms with Crippen molar-refractivity contribution in [2.75, 3.05) is 19.6 Å². The lowest BCUT2D eigenvalue weighted by molar-refractivity contribution is 0.205. The molecule has 1 fully saturated rings. The molecule has 0 amide bonds. The van der Waals surface area contributed by atoms with Gasteiger partial charge in [-0.3, -0.25) is 4.90 Å². The van der Waals surface area contributed by atoms with Crippen LogP contribution in [0.1, 0.15) is 39.5 Å². The van der Waals surface area contributed by atoms with E-state index in [1.54, 1.807) is 5.57 Å². The molecule has 0 saturated carbocycles. The monoisotopic (exact) mass is 219 g/mol. The van der Waals surface area contributed by atoms with Gasteiger partial charge in [-0.25, -0.2) is 0 Å². The molecule has 0 aromatic heterocycles. The number of nitrogens with zero attached hydrogens (tertiary/aromatic N) is 1. The van der Waals surface area contributed by atoms with Gasteiger partial charge in [-0.2, -0.15) is 0 Å². The molecule has 1 heteroatoms. The minimum Gasteiger partial charge on any atom is -0.299 e. The molecule has 2 rings (SSSR count). The SMILES string of the molecule is CC1C=CCC(CN2CCC(C)CC2)=CC1. The van der Waals surface area contributed by atoms with Gasteiger partial charge in [0, 0.05) is 6.54 Å². The summed E-state index contributed by atoms with van der Waals surface area (Å²) in [5, 5.41) is 0. The Kier molecular flexibility index (Phi) is 4.22. The van der Waals surface area contributed by atoms with Gasteiger partial charge in [0.05, 0.1) is 0 Å². The maximum atomic E-state index is 2.63. The van der Waals surface area contributed by atoms with Crippen LogP contribution in [0.25, 0.3) is 0 Å². The molecule has 1 unspecified atom stereocenters. The van der Waals surface area contributed by atoms with Crippen molar-refractivity contribution >= 4 is 0 Å². The van der Waals surface area contributed by atoms with E-state index in [0.29, 0.717) is 0 Å². The molecule has 1 aliphatic heterocycles. The van der Waals surface area contributed by atoms with Gasteiger partial charge < -0.3 is 0 Å². The van der Waals surface area contributed by atoms with E-state index in [4.69, 9.17) is 0 Å². The van der Waals surface area contributed by atoms with Crippen molar-refractivity contribution in [1.29, 1.82) is 0 Å².